The van der Waals surface area contributed by atoms with Crippen LogP contribution in [0.2, 0.25) is 0 Å². The van der Waals surface area contributed by atoms with Gasteiger partial charge in [0.05, 0.1) is 16.3 Å². The Morgan fingerprint density at radius 2 is 2.20 bits per heavy atom. The average molecular weight is 289 g/mol. The lowest BCUT2D eigenvalue weighted by Crippen LogP contribution is -2.25. The highest BCUT2D eigenvalue weighted by Crippen LogP contribution is 2.33. The van der Waals surface area contributed by atoms with Crippen molar-refractivity contribution in [1.29, 1.82) is 0 Å². The van der Waals surface area contributed by atoms with Crippen molar-refractivity contribution in [2.75, 3.05) is 5.32 Å². The summed E-state index contributed by atoms with van der Waals surface area (Å²) in [6.07, 6.45) is 5.61. The van der Waals surface area contributed by atoms with Crippen LogP contribution in [0, 0.1) is 12.8 Å². The topological polar surface area (TPSA) is 57.8 Å². The number of amides is 1. The van der Waals surface area contributed by atoms with Gasteiger partial charge < -0.3 is 5.32 Å². The van der Waals surface area contributed by atoms with Crippen LogP contribution in [-0.2, 0) is 4.79 Å². The standard InChI is InChI=1S/C15H19N3OS/c1-10-13(14(18-17-10)12-8-5-9-20-12)16-15(19)11-6-3-2-4-7-11/h5,8-9,11H,2-4,6-7H2,1H3,(H,16,19)(H,17,18). The summed E-state index contributed by atoms with van der Waals surface area (Å²) in [5, 5.41) is 12.4. The number of nitrogens with zero attached hydrogens (tertiary/aromatic N) is 1. The first kappa shape index (κ1) is 13.4. The maximum Gasteiger partial charge on any atom is 0.227 e. The van der Waals surface area contributed by atoms with Crippen molar-refractivity contribution in [3.8, 4) is 10.6 Å². The van der Waals surface area contributed by atoms with E-state index in [1.165, 1.54) is 19.3 Å². The molecule has 1 aliphatic rings. The third-order valence-electron chi connectivity index (χ3n) is 3.93. The SMILES string of the molecule is Cc1[nH]nc(-c2cccs2)c1NC(=O)C1CCCCC1. The van der Waals surface area contributed by atoms with Crippen LogP contribution in [0.4, 0.5) is 5.69 Å². The maximum atomic E-state index is 12.4. The molecule has 2 heterocycles. The van der Waals surface area contributed by atoms with E-state index in [2.05, 4.69) is 15.5 Å². The van der Waals surface area contributed by atoms with Crippen molar-refractivity contribution in [1.82, 2.24) is 10.2 Å². The summed E-state index contributed by atoms with van der Waals surface area (Å²) in [5.74, 6) is 0.307. The van der Waals surface area contributed by atoms with Gasteiger partial charge in [0.2, 0.25) is 5.91 Å². The van der Waals surface area contributed by atoms with Crippen molar-refractivity contribution in [3.63, 3.8) is 0 Å². The fourth-order valence-corrected chi connectivity index (χ4v) is 3.48. The van der Waals surface area contributed by atoms with Gasteiger partial charge in [0.15, 0.2) is 0 Å². The minimum atomic E-state index is 0.145. The number of anilines is 1. The third-order valence-corrected chi connectivity index (χ3v) is 4.80. The van der Waals surface area contributed by atoms with E-state index in [-0.39, 0.29) is 11.8 Å². The smallest absolute Gasteiger partial charge is 0.227 e. The molecule has 2 aromatic heterocycles. The predicted molar refractivity (Wildman–Crippen MR) is 81.8 cm³/mol. The molecule has 1 saturated carbocycles. The Hall–Kier alpha value is -1.62. The zero-order valence-corrected chi connectivity index (χ0v) is 12.4. The Bertz CT molecular complexity index is 582. The van der Waals surface area contributed by atoms with Gasteiger partial charge >= 0.3 is 0 Å². The Morgan fingerprint density at radius 3 is 2.90 bits per heavy atom. The molecule has 0 unspecified atom stereocenters. The maximum absolute atomic E-state index is 12.4. The van der Waals surface area contributed by atoms with Gasteiger partial charge in [-0.2, -0.15) is 5.10 Å². The first-order valence-electron chi connectivity index (χ1n) is 7.15. The number of carbonyl (C=O) groups is 1. The molecular formula is C15H19N3OS. The number of aromatic nitrogens is 2. The fraction of sp³-hybridized carbons (Fsp3) is 0.467. The number of aromatic amines is 1. The summed E-state index contributed by atoms with van der Waals surface area (Å²) in [6, 6.07) is 4.02. The molecule has 5 heteroatoms. The first-order valence-corrected chi connectivity index (χ1v) is 8.03. The lowest BCUT2D eigenvalue weighted by Gasteiger charge is -2.20. The Labute approximate surface area is 122 Å². The number of rotatable bonds is 3. The molecule has 106 valence electrons. The van der Waals surface area contributed by atoms with E-state index in [0.717, 1.165) is 34.8 Å². The van der Waals surface area contributed by atoms with Gasteiger partial charge in [0.25, 0.3) is 0 Å². The Balaban J connectivity index is 1.80. The quantitative estimate of drug-likeness (QED) is 0.898. The molecule has 0 aromatic carbocycles. The highest BCUT2D eigenvalue weighted by atomic mass is 32.1. The van der Waals surface area contributed by atoms with E-state index in [0.29, 0.717) is 0 Å². The monoisotopic (exact) mass is 289 g/mol. The molecule has 0 bridgehead atoms. The average Bonchev–Trinajstić information content (AvgIpc) is 3.11. The second kappa shape index (κ2) is 5.79. The van der Waals surface area contributed by atoms with Gasteiger partial charge in [0, 0.05) is 5.92 Å². The summed E-state index contributed by atoms with van der Waals surface area (Å²) in [7, 11) is 0. The molecule has 0 spiro atoms. The van der Waals surface area contributed by atoms with Gasteiger partial charge in [0.1, 0.15) is 5.69 Å². The number of carbonyl (C=O) groups excluding carboxylic acids is 1. The molecule has 0 aliphatic heterocycles. The fourth-order valence-electron chi connectivity index (χ4n) is 2.76. The molecular weight excluding hydrogens is 270 g/mol. The van der Waals surface area contributed by atoms with Crippen LogP contribution < -0.4 is 5.32 Å². The lowest BCUT2D eigenvalue weighted by molar-refractivity contribution is -0.120. The van der Waals surface area contributed by atoms with Gasteiger partial charge in [-0.3, -0.25) is 9.89 Å². The molecule has 2 aromatic rings. The van der Waals surface area contributed by atoms with Crippen molar-refractivity contribution in [2.24, 2.45) is 5.92 Å². The van der Waals surface area contributed by atoms with E-state index >= 15 is 0 Å². The molecule has 0 radical (unpaired) electrons. The highest BCUT2D eigenvalue weighted by molar-refractivity contribution is 7.13. The highest BCUT2D eigenvalue weighted by Gasteiger charge is 2.23. The van der Waals surface area contributed by atoms with Crippen LogP contribution in [0.25, 0.3) is 10.6 Å². The van der Waals surface area contributed by atoms with Crippen molar-refractivity contribution >= 4 is 22.9 Å². The van der Waals surface area contributed by atoms with Crippen LogP contribution >= 0.6 is 11.3 Å². The normalized spacial score (nSPS) is 16.2. The number of aryl methyl sites for hydroxylation is 1. The molecule has 1 amide bonds. The molecule has 0 saturated heterocycles. The van der Waals surface area contributed by atoms with Crippen LogP contribution in [0.5, 0.6) is 0 Å². The van der Waals surface area contributed by atoms with Gasteiger partial charge in [-0.25, -0.2) is 0 Å². The molecule has 0 atom stereocenters. The molecule has 20 heavy (non-hydrogen) atoms. The van der Waals surface area contributed by atoms with Crippen LogP contribution in [0.1, 0.15) is 37.8 Å². The van der Waals surface area contributed by atoms with E-state index in [1.54, 1.807) is 11.3 Å². The molecule has 4 nitrogen and oxygen atoms in total. The van der Waals surface area contributed by atoms with E-state index in [4.69, 9.17) is 0 Å². The second-order valence-electron chi connectivity index (χ2n) is 5.37. The molecule has 1 aliphatic carbocycles. The second-order valence-corrected chi connectivity index (χ2v) is 6.32. The van der Waals surface area contributed by atoms with E-state index < -0.39 is 0 Å². The minimum absolute atomic E-state index is 0.145. The van der Waals surface area contributed by atoms with Crippen LogP contribution in [0.3, 0.4) is 0 Å². The van der Waals surface area contributed by atoms with Gasteiger partial charge in [-0.05, 0) is 31.2 Å². The lowest BCUT2D eigenvalue weighted by atomic mass is 9.88. The number of nitrogens with one attached hydrogen (secondary N) is 2. The van der Waals surface area contributed by atoms with Crippen molar-refractivity contribution in [2.45, 2.75) is 39.0 Å². The summed E-state index contributed by atoms with van der Waals surface area (Å²) < 4.78 is 0. The number of hydrogen-bond donors (Lipinski definition) is 2. The van der Waals surface area contributed by atoms with E-state index in [1.807, 2.05) is 24.4 Å². The number of thiophene rings is 1. The summed E-state index contributed by atoms with van der Waals surface area (Å²) >= 11 is 1.63. The van der Waals surface area contributed by atoms with Gasteiger partial charge in [-0.15, -0.1) is 11.3 Å². The third kappa shape index (κ3) is 2.63. The molecule has 2 N–H and O–H groups in total. The molecule has 1 fully saturated rings. The van der Waals surface area contributed by atoms with E-state index in [9.17, 15) is 4.79 Å². The predicted octanol–water partition coefficient (Wildman–Crippen LogP) is 3.97. The zero-order valence-electron chi connectivity index (χ0n) is 11.6. The first-order chi connectivity index (χ1) is 9.75. The summed E-state index contributed by atoms with van der Waals surface area (Å²) in [4.78, 5) is 13.5. The number of hydrogen-bond acceptors (Lipinski definition) is 3. The molecule has 3 rings (SSSR count). The van der Waals surface area contributed by atoms with Crippen LogP contribution in [0.15, 0.2) is 17.5 Å². The Kier molecular flexibility index (Phi) is 3.87. The van der Waals surface area contributed by atoms with Crippen LogP contribution in [-0.4, -0.2) is 16.1 Å². The summed E-state index contributed by atoms with van der Waals surface area (Å²) in [6.45, 7) is 1.95. The number of H-pyrrole nitrogens is 1. The minimum Gasteiger partial charge on any atom is -0.322 e. The van der Waals surface area contributed by atoms with Gasteiger partial charge in [-0.1, -0.05) is 25.3 Å². The largest absolute Gasteiger partial charge is 0.322 e. The van der Waals surface area contributed by atoms with Crippen molar-refractivity contribution in [3.05, 3.63) is 23.2 Å². The van der Waals surface area contributed by atoms with Crippen molar-refractivity contribution < 1.29 is 4.79 Å². The Morgan fingerprint density at radius 1 is 1.40 bits per heavy atom. The zero-order chi connectivity index (χ0) is 13.9. The summed E-state index contributed by atoms with van der Waals surface area (Å²) in [5.41, 5.74) is 2.60.